The van der Waals surface area contributed by atoms with Crippen LogP contribution in [0.3, 0.4) is 0 Å². The van der Waals surface area contributed by atoms with E-state index in [4.69, 9.17) is 4.74 Å². The van der Waals surface area contributed by atoms with Crippen LogP contribution >= 0.6 is 0 Å². The average molecular weight is 261 g/mol. The number of ether oxygens (including phenoxy) is 1. The Hall–Kier alpha value is -1.55. The van der Waals surface area contributed by atoms with Crippen molar-refractivity contribution in [2.75, 3.05) is 6.61 Å². The number of fused-ring (bicyclic) bond motifs is 1. The second-order valence-electron chi connectivity index (χ2n) is 5.40. The van der Waals surface area contributed by atoms with Crippen LogP contribution in [0.2, 0.25) is 0 Å². The fraction of sp³-hybridized carbons (Fsp3) is 0.533. The Bertz CT molecular complexity index is 482. The first-order valence-electron chi connectivity index (χ1n) is 6.95. The summed E-state index contributed by atoms with van der Waals surface area (Å²) in [5, 5.41) is 12.8. The third-order valence-electron chi connectivity index (χ3n) is 3.71. The van der Waals surface area contributed by atoms with E-state index in [1.165, 1.54) is 5.56 Å². The average Bonchev–Trinajstić information content (AvgIpc) is 3.21. The lowest BCUT2D eigenvalue weighted by Crippen LogP contribution is -2.30. The number of hydrogen-bond acceptors (Lipinski definition) is 3. The van der Waals surface area contributed by atoms with Gasteiger partial charge in [0.1, 0.15) is 5.75 Å². The highest BCUT2D eigenvalue weighted by atomic mass is 16.5. The van der Waals surface area contributed by atoms with Crippen LogP contribution in [0, 0.1) is 0 Å². The molecule has 2 aliphatic rings. The van der Waals surface area contributed by atoms with Gasteiger partial charge < -0.3 is 15.2 Å². The van der Waals surface area contributed by atoms with Crippen LogP contribution in [-0.4, -0.2) is 23.7 Å². The molecule has 1 amide bonds. The first kappa shape index (κ1) is 12.5. The molecule has 0 aliphatic heterocycles. The summed E-state index contributed by atoms with van der Waals surface area (Å²) in [6.45, 7) is 0.0470. The number of amides is 1. The quantitative estimate of drug-likeness (QED) is 0.867. The summed E-state index contributed by atoms with van der Waals surface area (Å²) < 4.78 is 5.49. The number of rotatable bonds is 4. The van der Waals surface area contributed by atoms with Gasteiger partial charge in [-0.05, 0) is 55.4 Å². The van der Waals surface area contributed by atoms with E-state index in [9.17, 15) is 9.90 Å². The molecular weight excluding hydrogens is 242 g/mol. The van der Waals surface area contributed by atoms with E-state index < -0.39 is 6.10 Å². The van der Waals surface area contributed by atoms with Crippen molar-refractivity contribution in [2.45, 2.75) is 44.2 Å². The molecule has 1 saturated carbocycles. The van der Waals surface area contributed by atoms with Crippen LogP contribution in [0.15, 0.2) is 18.2 Å². The smallest absolute Gasteiger partial charge is 0.258 e. The monoisotopic (exact) mass is 261 g/mol. The normalized spacial score (nSPS) is 21.6. The molecule has 3 rings (SSSR count). The fourth-order valence-electron chi connectivity index (χ4n) is 2.49. The minimum Gasteiger partial charge on any atom is -0.484 e. The molecule has 102 valence electrons. The fourth-order valence-corrected chi connectivity index (χ4v) is 2.49. The molecule has 0 saturated heterocycles. The van der Waals surface area contributed by atoms with Gasteiger partial charge in [0.25, 0.3) is 5.91 Å². The molecule has 1 aromatic rings. The lowest BCUT2D eigenvalue weighted by atomic mass is 9.89. The molecule has 4 nitrogen and oxygen atoms in total. The maximum atomic E-state index is 11.5. The Balaban J connectivity index is 1.61. The van der Waals surface area contributed by atoms with Crippen LogP contribution in [0.25, 0.3) is 0 Å². The maximum absolute atomic E-state index is 11.5. The number of nitrogens with one attached hydrogen (secondary N) is 1. The Kier molecular flexibility index (Phi) is 3.42. The molecule has 0 unspecified atom stereocenters. The molecule has 1 aromatic carbocycles. The molecule has 1 atom stereocenters. The van der Waals surface area contributed by atoms with Crippen LogP contribution in [0.1, 0.15) is 42.9 Å². The summed E-state index contributed by atoms with van der Waals surface area (Å²) in [6.07, 6.45) is 4.60. The number of aliphatic hydroxyl groups is 1. The van der Waals surface area contributed by atoms with Crippen molar-refractivity contribution in [3.05, 3.63) is 29.3 Å². The number of aliphatic hydroxyl groups excluding tert-OH is 1. The molecule has 0 spiro atoms. The molecule has 0 heterocycles. The van der Waals surface area contributed by atoms with E-state index in [1.54, 1.807) is 0 Å². The summed E-state index contributed by atoms with van der Waals surface area (Å²) in [6, 6.07) is 6.10. The number of carbonyl (C=O) groups is 1. The predicted molar refractivity (Wildman–Crippen MR) is 71.0 cm³/mol. The molecule has 0 radical (unpaired) electrons. The van der Waals surface area contributed by atoms with Gasteiger partial charge in [-0.1, -0.05) is 6.07 Å². The zero-order chi connectivity index (χ0) is 13.2. The zero-order valence-electron chi connectivity index (χ0n) is 10.9. The van der Waals surface area contributed by atoms with Crippen LogP contribution in [0.5, 0.6) is 5.75 Å². The summed E-state index contributed by atoms with van der Waals surface area (Å²) in [4.78, 5) is 11.5. The van der Waals surface area contributed by atoms with Gasteiger partial charge in [0, 0.05) is 6.04 Å². The van der Waals surface area contributed by atoms with E-state index >= 15 is 0 Å². The summed E-state index contributed by atoms with van der Waals surface area (Å²) in [7, 11) is 0. The minimum atomic E-state index is -0.396. The standard InChI is InChI=1S/C15H19NO3/c17-14-3-1-2-10-4-7-12(8-13(10)14)19-9-15(18)16-11-5-6-11/h4,7-8,11,14,17H,1-3,5-6,9H2,(H,16,18)/t14-/m1/s1. The van der Waals surface area contributed by atoms with E-state index in [1.807, 2.05) is 18.2 Å². The van der Waals surface area contributed by atoms with E-state index in [0.717, 1.165) is 37.7 Å². The topological polar surface area (TPSA) is 58.6 Å². The summed E-state index contributed by atoms with van der Waals surface area (Å²) >= 11 is 0. The largest absolute Gasteiger partial charge is 0.484 e. The van der Waals surface area contributed by atoms with Gasteiger partial charge in [-0.25, -0.2) is 0 Å². The summed E-state index contributed by atoms with van der Waals surface area (Å²) in [5.41, 5.74) is 2.14. The highest BCUT2D eigenvalue weighted by molar-refractivity contribution is 5.78. The lowest BCUT2D eigenvalue weighted by molar-refractivity contribution is -0.123. The number of hydrogen-bond donors (Lipinski definition) is 2. The maximum Gasteiger partial charge on any atom is 0.258 e. The van der Waals surface area contributed by atoms with E-state index in [2.05, 4.69) is 5.32 Å². The molecule has 0 aromatic heterocycles. The van der Waals surface area contributed by atoms with Gasteiger partial charge in [0.05, 0.1) is 6.10 Å². The van der Waals surface area contributed by atoms with Gasteiger partial charge in [-0.2, -0.15) is 0 Å². The predicted octanol–water partition coefficient (Wildman–Crippen LogP) is 1.71. The number of carbonyl (C=O) groups excluding carboxylic acids is 1. The molecular formula is C15H19NO3. The third kappa shape index (κ3) is 3.07. The SMILES string of the molecule is O=C(COc1ccc2c(c1)[C@H](O)CCC2)NC1CC1. The molecule has 1 fully saturated rings. The first-order valence-corrected chi connectivity index (χ1v) is 6.95. The van der Waals surface area contributed by atoms with Gasteiger partial charge >= 0.3 is 0 Å². The van der Waals surface area contributed by atoms with E-state index in [0.29, 0.717) is 11.8 Å². The first-order chi connectivity index (χ1) is 9.22. The van der Waals surface area contributed by atoms with Crippen molar-refractivity contribution in [2.24, 2.45) is 0 Å². The van der Waals surface area contributed by atoms with Crippen molar-refractivity contribution < 1.29 is 14.6 Å². The van der Waals surface area contributed by atoms with Crippen LogP contribution in [0.4, 0.5) is 0 Å². The Morgan fingerprint density at radius 3 is 3.00 bits per heavy atom. The van der Waals surface area contributed by atoms with Crippen molar-refractivity contribution in [3.63, 3.8) is 0 Å². The molecule has 2 N–H and O–H groups in total. The van der Waals surface area contributed by atoms with Crippen molar-refractivity contribution >= 4 is 5.91 Å². The van der Waals surface area contributed by atoms with Gasteiger partial charge in [0.2, 0.25) is 0 Å². The molecule has 2 aliphatic carbocycles. The second-order valence-corrected chi connectivity index (χ2v) is 5.40. The lowest BCUT2D eigenvalue weighted by Gasteiger charge is -2.21. The van der Waals surface area contributed by atoms with Crippen LogP contribution in [-0.2, 0) is 11.2 Å². The van der Waals surface area contributed by atoms with Gasteiger partial charge in [0.15, 0.2) is 6.61 Å². The van der Waals surface area contributed by atoms with Crippen molar-refractivity contribution in [3.8, 4) is 5.75 Å². The highest BCUT2D eigenvalue weighted by Gasteiger charge is 2.23. The summed E-state index contributed by atoms with van der Waals surface area (Å²) in [5.74, 6) is 0.589. The van der Waals surface area contributed by atoms with E-state index in [-0.39, 0.29) is 12.5 Å². The zero-order valence-corrected chi connectivity index (χ0v) is 10.9. The van der Waals surface area contributed by atoms with Gasteiger partial charge in [-0.3, -0.25) is 4.79 Å². The minimum absolute atomic E-state index is 0.0470. The van der Waals surface area contributed by atoms with Crippen molar-refractivity contribution in [1.29, 1.82) is 0 Å². The van der Waals surface area contributed by atoms with Gasteiger partial charge in [-0.15, -0.1) is 0 Å². The molecule has 0 bridgehead atoms. The molecule has 19 heavy (non-hydrogen) atoms. The Morgan fingerprint density at radius 1 is 1.37 bits per heavy atom. The molecule has 4 heteroatoms. The number of aryl methyl sites for hydroxylation is 1. The highest BCUT2D eigenvalue weighted by Crippen LogP contribution is 2.32. The van der Waals surface area contributed by atoms with Crippen molar-refractivity contribution in [1.82, 2.24) is 5.32 Å². The number of benzene rings is 1. The van der Waals surface area contributed by atoms with Crippen LogP contribution < -0.4 is 10.1 Å². The Labute approximate surface area is 112 Å². The second kappa shape index (κ2) is 5.21. The Morgan fingerprint density at radius 2 is 2.21 bits per heavy atom. The third-order valence-corrected chi connectivity index (χ3v) is 3.71.